The third-order valence-corrected chi connectivity index (χ3v) is 8.93. The van der Waals surface area contributed by atoms with Crippen LogP contribution in [0.1, 0.15) is 31.0 Å². The highest BCUT2D eigenvalue weighted by atomic mass is 32.2. The zero-order valence-electron chi connectivity index (χ0n) is 22.0. The van der Waals surface area contributed by atoms with Gasteiger partial charge in [0.25, 0.3) is 0 Å². The fourth-order valence-electron chi connectivity index (χ4n) is 4.91. The van der Waals surface area contributed by atoms with Crippen LogP contribution in [-0.4, -0.2) is 80.4 Å². The summed E-state index contributed by atoms with van der Waals surface area (Å²) in [7, 11) is -2.11. The average Bonchev–Trinajstić information content (AvgIpc) is 2.87. The summed E-state index contributed by atoms with van der Waals surface area (Å²) in [6.45, 7) is 6.82. The summed E-state index contributed by atoms with van der Waals surface area (Å²) >= 11 is 0. The number of hydrogen-bond donors (Lipinski definition) is 1. The van der Waals surface area contributed by atoms with Gasteiger partial charge in [-0.05, 0) is 50.6 Å². The molecule has 2 amide bonds. The molecule has 1 N–H and O–H groups in total. The number of nitrogens with zero attached hydrogens (tertiary/aromatic N) is 3. The third-order valence-electron chi connectivity index (χ3n) is 6.91. The highest BCUT2D eigenvalue weighted by molar-refractivity contribution is 7.89. The number of sulfonamides is 1. The van der Waals surface area contributed by atoms with E-state index >= 15 is 0 Å². The Bertz CT molecular complexity index is 1350. The number of esters is 1. The zero-order chi connectivity index (χ0) is 27.6. The second kappa shape index (κ2) is 11.2. The Morgan fingerprint density at radius 3 is 2.50 bits per heavy atom. The van der Waals surface area contributed by atoms with Gasteiger partial charge in [0.2, 0.25) is 10.0 Å². The minimum absolute atomic E-state index is 0.135. The lowest BCUT2D eigenvalue weighted by molar-refractivity contribution is -0.139. The summed E-state index contributed by atoms with van der Waals surface area (Å²) in [4.78, 5) is 29.7. The van der Waals surface area contributed by atoms with Gasteiger partial charge in [-0.15, -0.1) is 0 Å². The summed E-state index contributed by atoms with van der Waals surface area (Å²) in [5.74, 6) is -1.09. The predicted octanol–water partition coefficient (Wildman–Crippen LogP) is 3.04. The number of amides is 2. The number of ether oxygens (including phenoxy) is 1. The smallest absolute Gasteiger partial charge is 0.338 e. The topological polar surface area (TPSA) is 99.3 Å². The van der Waals surface area contributed by atoms with Gasteiger partial charge in [-0.25, -0.2) is 22.4 Å². The van der Waals surface area contributed by atoms with Crippen LogP contribution in [0.25, 0.3) is 0 Å². The van der Waals surface area contributed by atoms with Gasteiger partial charge in [-0.1, -0.05) is 29.8 Å². The predicted molar refractivity (Wildman–Crippen MR) is 140 cm³/mol. The van der Waals surface area contributed by atoms with Crippen molar-refractivity contribution in [2.24, 2.45) is 0 Å². The van der Waals surface area contributed by atoms with Crippen molar-refractivity contribution in [3.8, 4) is 0 Å². The summed E-state index contributed by atoms with van der Waals surface area (Å²) in [6.07, 6.45) is 0. The second-order valence-corrected chi connectivity index (χ2v) is 11.5. The lowest BCUT2D eigenvalue weighted by atomic mass is 9.94. The number of piperazine rings is 1. The quantitative estimate of drug-likeness (QED) is 0.538. The fraction of sp³-hybridized carbons (Fsp3) is 0.407. The molecule has 0 aromatic heterocycles. The normalized spacial score (nSPS) is 21.4. The minimum Gasteiger partial charge on any atom is -0.463 e. The molecule has 1 saturated heterocycles. The monoisotopic (exact) mass is 544 g/mol. The molecule has 2 aliphatic rings. The molecular formula is C27H33FN4O5S. The number of hydrogen-bond acceptors (Lipinski definition) is 6. The van der Waals surface area contributed by atoms with E-state index in [0.717, 1.165) is 5.56 Å². The number of carbonyl (C=O) groups excluding carboxylic acids is 2. The summed E-state index contributed by atoms with van der Waals surface area (Å²) in [5, 5.41) is 2.78. The van der Waals surface area contributed by atoms with Crippen LogP contribution >= 0.6 is 0 Å². The number of benzene rings is 2. The van der Waals surface area contributed by atoms with Gasteiger partial charge in [0, 0.05) is 45.0 Å². The maximum atomic E-state index is 14.0. The highest BCUT2D eigenvalue weighted by Crippen LogP contribution is 2.32. The summed E-state index contributed by atoms with van der Waals surface area (Å²) in [6, 6.07) is 10.9. The summed E-state index contributed by atoms with van der Waals surface area (Å²) in [5.41, 5.74) is 2.06. The van der Waals surface area contributed by atoms with Gasteiger partial charge in [0.15, 0.2) is 0 Å². The number of nitrogens with one attached hydrogen (secondary N) is 1. The molecule has 0 bridgehead atoms. The molecule has 204 valence electrons. The van der Waals surface area contributed by atoms with Crippen LogP contribution in [-0.2, 0) is 19.6 Å². The number of carbonyl (C=O) groups is 2. The van der Waals surface area contributed by atoms with E-state index in [4.69, 9.17) is 4.74 Å². The molecule has 0 aliphatic carbocycles. The fourth-order valence-corrected chi connectivity index (χ4v) is 6.52. The average molecular weight is 545 g/mol. The van der Waals surface area contributed by atoms with Crippen molar-refractivity contribution >= 4 is 22.0 Å². The molecule has 4 rings (SSSR count). The van der Waals surface area contributed by atoms with Crippen molar-refractivity contribution in [2.75, 3.05) is 39.8 Å². The molecule has 2 aliphatic heterocycles. The van der Waals surface area contributed by atoms with E-state index in [9.17, 15) is 22.4 Å². The Labute approximate surface area is 222 Å². The highest BCUT2D eigenvalue weighted by Gasteiger charge is 2.39. The SMILES string of the molecule is CCOC(=O)C1=C(CN2CCN(S(=O)(=O)c3ccc(C)cc3)[C@@H](C)C2)N(C)C(=O)N[C@@H]1c1cccc(F)c1. The number of rotatable bonds is 7. The minimum atomic E-state index is -3.67. The first-order valence-corrected chi connectivity index (χ1v) is 14.0. The second-order valence-electron chi connectivity index (χ2n) is 9.59. The first-order chi connectivity index (χ1) is 18.0. The van der Waals surface area contributed by atoms with Gasteiger partial charge in [-0.2, -0.15) is 4.31 Å². The standard InChI is InChI=1S/C27H33FN4O5S/c1-5-37-26(33)24-23(30(4)27(34)29-25(24)20-7-6-8-21(28)15-20)17-31-13-14-32(19(3)16-31)38(35,36)22-11-9-18(2)10-12-22/h6-12,15,19,25H,5,13-14,16-17H2,1-4H3,(H,29,34)/t19-,25+/m0/s1. The molecule has 9 nitrogen and oxygen atoms in total. The van der Waals surface area contributed by atoms with E-state index in [0.29, 0.717) is 24.4 Å². The van der Waals surface area contributed by atoms with Gasteiger partial charge < -0.3 is 10.1 Å². The van der Waals surface area contributed by atoms with Crippen LogP contribution in [0, 0.1) is 12.7 Å². The third kappa shape index (κ3) is 5.59. The maximum absolute atomic E-state index is 14.0. The number of halogens is 1. The lowest BCUT2D eigenvalue weighted by Gasteiger charge is -2.41. The molecule has 0 spiro atoms. The molecular weight excluding hydrogens is 511 g/mol. The first-order valence-electron chi connectivity index (χ1n) is 12.5. The van der Waals surface area contributed by atoms with E-state index in [1.807, 2.05) is 18.7 Å². The van der Waals surface area contributed by atoms with Crippen LogP contribution in [0.5, 0.6) is 0 Å². The van der Waals surface area contributed by atoms with E-state index in [2.05, 4.69) is 5.32 Å². The Kier molecular flexibility index (Phi) is 8.19. The molecule has 0 radical (unpaired) electrons. The zero-order valence-corrected chi connectivity index (χ0v) is 22.8. The maximum Gasteiger partial charge on any atom is 0.338 e. The van der Waals surface area contributed by atoms with Crippen LogP contribution in [0.2, 0.25) is 0 Å². The van der Waals surface area contributed by atoms with Gasteiger partial charge in [0.1, 0.15) is 5.82 Å². The Morgan fingerprint density at radius 2 is 1.87 bits per heavy atom. The Morgan fingerprint density at radius 1 is 1.16 bits per heavy atom. The number of urea groups is 1. The van der Waals surface area contributed by atoms with E-state index < -0.39 is 33.9 Å². The van der Waals surface area contributed by atoms with Crippen molar-refractivity contribution in [3.05, 3.63) is 76.7 Å². The van der Waals surface area contributed by atoms with E-state index in [-0.39, 0.29) is 36.2 Å². The molecule has 2 atom stereocenters. The van der Waals surface area contributed by atoms with Crippen molar-refractivity contribution < 1.29 is 27.1 Å². The molecule has 2 aromatic carbocycles. The van der Waals surface area contributed by atoms with Crippen molar-refractivity contribution in [2.45, 2.75) is 37.8 Å². The molecule has 11 heteroatoms. The largest absolute Gasteiger partial charge is 0.463 e. The van der Waals surface area contributed by atoms with Crippen LogP contribution < -0.4 is 5.32 Å². The molecule has 0 saturated carbocycles. The lowest BCUT2D eigenvalue weighted by Crippen LogP contribution is -2.56. The summed E-state index contributed by atoms with van der Waals surface area (Å²) < 4.78 is 47.4. The van der Waals surface area contributed by atoms with Gasteiger partial charge in [0.05, 0.1) is 23.1 Å². The molecule has 2 heterocycles. The Balaban J connectivity index is 1.62. The van der Waals surface area contributed by atoms with Crippen molar-refractivity contribution in [1.29, 1.82) is 0 Å². The van der Waals surface area contributed by atoms with Gasteiger partial charge >= 0.3 is 12.0 Å². The Hall–Kier alpha value is -3.28. The van der Waals surface area contributed by atoms with Crippen LogP contribution in [0.15, 0.2) is 64.7 Å². The molecule has 0 unspecified atom stereocenters. The molecule has 1 fully saturated rings. The van der Waals surface area contributed by atoms with Crippen molar-refractivity contribution in [3.63, 3.8) is 0 Å². The van der Waals surface area contributed by atoms with E-state index in [1.54, 1.807) is 44.3 Å². The first kappa shape index (κ1) is 27.7. The van der Waals surface area contributed by atoms with Crippen LogP contribution in [0.3, 0.4) is 0 Å². The van der Waals surface area contributed by atoms with E-state index in [1.165, 1.54) is 27.4 Å². The molecule has 2 aromatic rings. The van der Waals surface area contributed by atoms with Crippen molar-refractivity contribution in [1.82, 2.24) is 19.4 Å². The van der Waals surface area contributed by atoms with Gasteiger partial charge in [-0.3, -0.25) is 9.80 Å². The number of likely N-dealkylation sites (N-methyl/N-ethyl adjacent to an activating group) is 1. The number of aryl methyl sites for hydroxylation is 1. The van der Waals surface area contributed by atoms with Crippen LogP contribution in [0.4, 0.5) is 9.18 Å². The molecule has 38 heavy (non-hydrogen) atoms.